The van der Waals surface area contributed by atoms with Gasteiger partial charge in [-0.15, -0.1) is 0 Å². The number of hydrogen-bond acceptors (Lipinski definition) is 6. The molecule has 1 N–H and O–H groups in total. The summed E-state index contributed by atoms with van der Waals surface area (Å²) in [5, 5.41) is 6.67. The molecule has 2 aliphatic rings. The molecule has 0 aromatic heterocycles. The predicted octanol–water partition coefficient (Wildman–Crippen LogP) is -0.861. The minimum atomic E-state index is -3.07. The van der Waals surface area contributed by atoms with Crippen LogP contribution in [0.1, 0.15) is 6.42 Å². The lowest BCUT2D eigenvalue weighted by Crippen LogP contribution is -2.53. The number of nitrogens with zero attached hydrogens (tertiary/aromatic N) is 2. The lowest BCUT2D eigenvalue weighted by molar-refractivity contribution is 0.0721. The molecule has 0 bridgehead atoms. The normalized spacial score (nSPS) is 26.6. The second kappa shape index (κ2) is 5.82. The number of rotatable bonds is 3. The lowest BCUT2D eigenvalue weighted by Gasteiger charge is -2.36. The van der Waals surface area contributed by atoms with Crippen molar-refractivity contribution < 1.29 is 16.8 Å². The van der Waals surface area contributed by atoms with Gasteiger partial charge in [-0.2, -0.15) is 0 Å². The Kier molecular flexibility index (Phi) is 4.62. The third-order valence-corrected chi connectivity index (χ3v) is 6.88. The molecule has 0 saturated carbocycles. The summed E-state index contributed by atoms with van der Waals surface area (Å²) in [4.78, 5) is 0. The largest absolute Gasteiger partial charge is 0.334 e. The molecule has 0 aromatic rings. The highest BCUT2D eigenvalue weighted by molar-refractivity contribution is 7.92. The average molecular weight is 353 g/mol. The van der Waals surface area contributed by atoms with Crippen LogP contribution in [0.2, 0.25) is 0 Å². The number of thiocarbonyl (C=S) groups is 1. The summed E-state index contributed by atoms with van der Waals surface area (Å²) in [6.07, 6.45) is 2.11. The van der Waals surface area contributed by atoms with Crippen molar-refractivity contribution >= 4 is 37.0 Å². The van der Waals surface area contributed by atoms with E-state index in [0.717, 1.165) is 0 Å². The van der Waals surface area contributed by atoms with Gasteiger partial charge >= 0.3 is 0 Å². The number of hydrazine groups is 1. The van der Waals surface area contributed by atoms with Gasteiger partial charge in [-0.1, -0.05) is 0 Å². The zero-order chi connectivity index (χ0) is 15.8. The van der Waals surface area contributed by atoms with Crippen molar-refractivity contribution in [1.82, 2.24) is 15.3 Å². The molecule has 0 aromatic carbocycles. The Hall–Kier alpha value is -0.710. The molecule has 1 atom stereocenters. The van der Waals surface area contributed by atoms with Crippen molar-refractivity contribution in [1.29, 1.82) is 0 Å². The fourth-order valence-electron chi connectivity index (χ4n) is 2.51. The molecule has 2 aliphatic heterocycles. The minimum Gasteiger partial charge on any atom is -0.334 e. The quantitative estimate of drug-likeness (QED) is 0.518. The summed E-state index contributed by atoms with van der Waals surface area (Å²) in [5.41, 5.74) is 0.549. The Labute approximate surface area is 130 Å². The van der Waals surface area contributed by atoms with Gasteiger partial charge < -0.3 is 5.32 Å². The highest BCUT2D eigenvalue weighted by atomic mass is 32.2. The van der Waals surface area contributed by atoms with Gasteiger partial charge in [0.15, 0.2) is 24.8 Å². The summed E-state index contributed by atoms with van der Waals surface area (Å²) in [6, 6.07) is -0.219. The van der Waals surface area contributed by atoms with Gasteiger partial charge in [0.25, 0.3) is 0 Å². The fraction of sp³-hybridized carbons (Fsp3) is 0.727. The number of hydrogen-bond donors (Lipinski definition) is 1. The highest BCUT2D eigenvalue weighted by Crippen LogP contribution is 2.19. The maximum Gasteiger partial charge on any atom is 0.188 e. The first-order valence-electron chi connectivity index (χ1n) is 6.47. The van der Waals surface area contributed by atoms with Crippen molar-refractivity contribution in [3.05, 3.63) is 11.8 Å². The van der Waals surface area contributed by atoms with E-state index in [2.05, 4.69) is 5.32 Å². The summed E-state index contributed by atoms with van der Waals surface area (Å²) >= 11 is 5.32. The van der Waals surface area contributed by atoms with Gasteiger partial charge in [0, 0.05) is 19.8 Å². The Balaban J connectivity index is 2.07. The van der Waals surface area contributed by atoms with E-state index in [1.165, 1.54) is 0 Å². The van der Waals surface area contributed by atoms with Crippen LogP contribution < -0.4 is 5.32 Å². The van der Waals surface area contributed by atoms with Gasteiger partial charge in [0.1, 0.15) is 0 Å². The second-order valence-corrected chi connectivity index (χ2v) is 10.2. The van der Waals surface area contributed by atoms with E-state index >= 15 is 0 Å². The third kappa shape index (κ3) is 4.15. The van der Waals surface area contributed by atoms with Crippen LogP contribution in [0.3, 0.4) is 0 Å². The van der Waals surface area contributed by atoms with Crippen LogP contribution in [-0.4, -0.2) is 75.1 Å². The van der Waals surface area contributed by atoms with Crippen molar-refractivity contribution in [2.24, 2.45) is 0 Å². The van der Waals surface area contributed by atoms with Gasteiger partial charge in [-0.25, -0.2) is 21.8 Å². The maximum absolute atomic E-state index is 11.6. The molecule has 0 spiro atoms. The van der Waals surface area contributed by atoms with Crippen molar-refractivity contribution in [3.8, 4) is 0 Å². The van der Waals surface area contributed by atoms with E-state index < -0.39 is 19.7 Å². The molecular weight excluding hydrogens is 334 g/mol. The van der Waals surface area contributed by atoms with E-state index in [-0.39, 0.29) is 29.1 Å². The molecule has 120 valence electrons. The fourth-order valence-corrected chi connectivity index (χ4v) is 5.88. The average Bonchev–Trinajstić information content (AvgIpc) is 2.81. The Morgan fingerprint density at radius 2 is 1.95 bits per heavy atom. The molecule has 0 aliphatic carbocycles. The van der Waals surface area contributed by atoms with Crippen LogP contribution in [0.15, 0.2) is 11.8 Å². The molecule has 0 radical (unpaired) electrons. The van der Waals surface area contributed by atoms with Crippen molar-refractivity contribution in [2.75, 3.05) is 37.1 Å². The van der Waals surface area contributed by atoms with E-state index in [0.29, 0.717) is 17.2 Å². The van der Waals surface area contributed by atoms with Crippen molar-refractivity contribution in [3.63, 3.8) is 0 Å². The highest BCUT2D eigenvalue weighted by Gasteiger charge is 2.35. The van der Waals surface area contributed by atoms with E-state index in [4.69, 9.17) is 12.2 Å². The Morgan fingerprint density at radius 1 is 1.29 bits per heavy atom. The summed E-state index contributed by atoms with van der Waals surface area (Å²) < 4.78 is 46.1. The SMILES string of the molecule is CN(C)N(C(=S)NC1=CCS(=O)(=O)C1)C1CCS(=O)(=O)C1. The van der Waals surface area contributed by atoms with Crippen LogP contribution in [0.25, 0.3) is 0 Å². The van der Waals surface area contributed by atoms with Gasteiger partial charge in [0.05, 0.1) is 29.1 Å². The summed E-state index contributed by atoms with van der Waals surface area (Å²) in [5.74, 6) is 0.168. The van der Waals surface area contributed by atoms with Crippen LogP contribution in [0.5, 0.6) is 0 Å². The number of sulfone groups is 2. The lowest BCUT2D eigenvalue weighted by atomic mass is 10.2. The second-order valence-electron chi connectivity index (χ2n) is 5.46. The van der Waals surface area contributed by atoms with Gasteiger partial charge in [-0.3, -0.25) is 5.01 Å². The zero-order valence-corrected chi connectivity index (χ0v) is 14.4. The van der Waals surface area contributed by atoms with E-state index in [1.54, 1.807) is 30.2 Å². The molecule has 1 unspecified atom stereocenters. The molecule has 1 fully saturated rings. The number of nitrogens with one attached hydrogen (secondary N) is 1. The molecule has 2 rings (SSSR count). The van der Waals surface area contributed by atoms with Gasteiger partial charge in [-0.05, 0) is 24.7 Å². The zero-order valence-electron chi connectivity index (χ0n) is 11.9. The predicted molar refractivity (Wildman–Crippen MR) is 85.1 cm³/mol. The molecule has 10 heteroatoms. The first-order valence-corrected chi connectivity index (χ1v) is 10.5. The van der Waals surface area contributed by atoms with Crippen molar-refractivity contribution in [2.45, 2.75) is 12.5 Å². The van der Waals surface area contributed by atoms with Crippen LogP contribution in [0.4, 0.5) is 0 Å². The van der Waals surface area contributed by atoms with E-state index in [9.17, 15) is 16.8 Å². The molecule has 21 heavy (non-hydrogen) atoms. The smallest absolute Gasteiger partial charge is 0.188 e. The first-order chi connectivity index (χ1) is 9.60. The Bertz CT molecular complexity index is 667. The first kappa shape index (κ1) is 16.7. The molecular formula is C11H19N3O4S3. The minimum absolute atomic E-state index is 0.0116. The molecule has 1 saturated heterocycles. The van der Waals surface area contributed by atoms with Crippen LogP contribution >= 0.6 is 12.2 Å². The van der Waals surface area contributed by atoms with E-state index in [1.807, 2.05) is 0 Å². The van der Waals surface area contributed by atoms with Crippen LogP contribution in [0, 0.1) is 0 Å². The standard InChI is InChI=1S/C11H19N3O4S3/c1-13(2)14(10-4-6-21(17,18)8-10)11(19)12-9-3-5-20(15,16)7-9/h3,10H,4-8H2,1-2H3,(H,12,19). The molecule has 2 heterocycles. The topological polar surface area (TPSA) is 86.8 Å². The maximum atomic E-state index is 11.6. The molecule has 7 nitrogen and oxygen atoms in total. The summed E-state index contributed by atoms with van der Waals surface area (Å²) in [6.45, 7) is 0. The third-order valence-electron chi connectivity index (χ3n) is 3.42. The van der Waals surface area contributed by atoms with Crippen LogP contribution in [-0.2, 0) is 19.7 Å². The summed E-state index contributed by atoms with van der Waals surface area (Å²) in [7, 11) is -2.53. The van der Waals surface area contributed by atoms with Gasteiger partial charge in [0.2, 0.25) is 0 Å². The monoisotopic (exact) mass is 353 g/mol. The molecule has 0 amide bonds. The Morgan fingerprint density at radius 3 is 2.38 bits per heavy atom.